The van der Waals surface area contributed by atoms with Crippen molar-refractivity contribution in [3.8, 4) is 0 Å². The molecule has 1 aliphatic rings. The van der Waals surface area contributed by atoms with Crippen LogP contribution in [0.1, 0.15) is 39.7 Å². The van der Waals surface area contributed by atoms with E-state index in [1.165, 1.54) is 17.0 Å². The van der Waals surface area contributed by atoms with E-state index in [-0.39, 0.29) is 11.3 Å². The fraction of sp³-hybridized carbons (Fsp3) is 0.280. The molecule has 4 heteroatoms. The molecule has 0 radical (unpaired) electrons. The lowest BCUT2D eigenvalue weighted by Gasteiger charge is -2.16. The molecule has 150 valence electrons. The van der Waals surface area contributed by atoms with Crippen molar-refractivity contribution < 1.29 is 9.37 Å². The number of rotatable bonds is 6. The molecule has 3 rings (SSSR count). The molecule has 2 aromatic carbocycles. The molecule has 3 nitrogen and oxygen atoms in total. The van der Waals surface area contributed by atoms with Gasteiger partial charge in [0.15, 0.2) is 5.71 Å². The normalized spacial score (nSPS) is 15.3. The lowest BCUT2D eigenvalue weighted by Crippen LogP contribution is -2.27. The van der Waals surface area contributed by atoms with Crippen LogP contribution in [0.4, 0.5) is 11.4 Å². The Morgan fingerprint density at radius 2 is 1.86 bits per heavy atom. The molecule has 1 amide bonds. The average Bonchev–Trinajstić information content (AvgIpc) is 2.89. The highest BCUT2D eigenvalue weighted by molar-refractivity contribution is 7.80. The van der Waals surface area contributed by atoms with Gasteiger partial charge in [-0.1, -0.05) is 31.2 Å². The van der Waals surface area contributed by atoms with Gasteiger partial charge in [-0.25, -0.2) is 0 Å². The quantitative estimate of drug-likeness (QED) is 0.362. The van der Waals surface area contributed by atoms with Crippen molar-refractivity contribution in [1.82, 2.24) is 0 Å². The zero-order valence-corrected chi connectivity index (χ0v) is 18.5. The van der Waals surface area contributed by atoms with Gasteiger partial charge in [0.2, 0.25) is 11.6 Å². The maximum atomic E-state index is 12.0. The fourth-order valence-electron chi connectivity index (χ4n) is 3.87. The number of allylic oxidation sites excluding steroid dienone is 3. The van der Waals surface area contributed by atoms with Crippen LogP contribution in [-0.2, 0) is 10.2 Å². The molecule has 0 aromatic heterocycles. The van der Waals surface area contributed by atoms with E-state index in [1.54, 1.807) is 11.8 Å². The second-order valence-electron chi connectivity index (χ2n) is 7.79. The van der Waals surface area contributed by atoms with Gasteiger partial charge in [-0.2, -0.15) is 4.58 Å². The molecular formula is C25H29N2OS+. The van der Waals surface area contributed by atoms with E-state index < -0.39 is 0 Å². The first kappa shape index (κ1) is 21.1. The Labute approximate surface area is 179 Å². The molecule has 0 spiro atoms. The highest BCUT2D eigenvalue weighted by Gasteiger charge is 2.43. The molecule has 0 bridgehead atoms. The number of para-hydroxylation sites is 1. The average molecular weight is 406 g/mol. The number of carbonyl (C=O) groups excluding carboxylic acids is 1. The second kappa shape index (κ2) is 8.83. The summed E-state index contributed by atoms with van der Waals surface area (Å²) in [4.78, 5) is 14.7. The Kier molecular flexibility index (Phi) is 6.43. The van der Waals surface area contributed by atoms with Crippen molar-refractivity contribution in [3.63, 3.8) is 0 Å². The smallest absolute Gasteiger partial charge is 0.227 e. The first-order valence-corrected chi connectivity index (χ1v) is 10.5. The molecule has 0 fully saturated rings. The molecular weight excluding hydrogens is 376 g/mol. The van der Waals surface area contributed by atoms with Gasteiger partial charge in [-0.05, 0) is 44.2 Å². The summed E-state index contributed by atoms with van der Waals surface area (Å²) in [6.07, 6.45) is 8.99. The minimum atomic E-state index is -0.104. The number of amides is 1. The highest BCUT2D eigenvalue weighted by atomic mass is 32.1. The SMILES string of the molecule is CCC[N+]1=C(/C=C/C=C/N(C(C)=O)c2ccccc2)C(C)(C)c2cc(S)ccc21. The van der Waals surface area contributed by atoms with Gasteiger partial charge in [0.1, 0.15) is 6.54 Å². The van der Waals surface area contributed by atoms with Gasteiger partial charge in [-0.3, -0.25) is 9.69 Å². The van der Waals surface area contributed by atoms with Crippen LogP contribution in [0.5, 0.6) is 0 Å². The second-order valence-corrected chi connectivity index (χ2v) is 8.30. The predicted octanol–water partition coefficient (Wildman–Crippen LogP) is 5.88. The van der Waals surface area contributed by atoms with Gasteiger partial charge >= 0.3 is 0 Å². The monoisotopic (exact) mass is 405 g/mol. The van der Waals surface area contributed by atoms with Crippen molar-refractivity contribution in [3.05, 3.63) is 78.5 Å². The van der Waals surface area contributed by atoms with Crippen molar-refractivity contribution in [1.29, 1.82) is 0 Å². The number of benzene rings is 2. The van der Waals surface area contributed by atoms with E-state index in [2.05, 4.69) is 62.3 Å². The summed E-state index contributed by atoms with van der Waals surface area (Å²) in [7, 11) is 0. The summed E-state index contributed by atoms with van der Waals surface area (Å²) in [5.41, 5.74) is 4.57. The van der Waals surface area contributed by atoms with Crippen LogP contribution in [0.15, 0.2) is 77.9 Å². The van der Waals surface area contributed by atoms with Crippen molar-refractivity contribution in [2.75, 3.05) is 11.4 Å². The van der Waals surface area contributed by atoms with E-state index in [1.807, 2.05) is 48.7 Å². The molecule has 29 heavy (non-hydrogen) atoms. The Morgan fingerprint density at radius 3 is 2.52 bits per heavy atom. The molecule has 2 aromatic rings. The maximum Gasteiger partial charge on any atom is 0.227 e. The van der Waals surface area contributed by atoms with E-state index in [0.29, 0.717) is 0 Å². The van der Waals surface area contributed by atoms with Crippen LogP contribution >= 0.6 is 12.6 Å². The zero-order valence-electron chi connectivity index (χ0n) is 17.6. The minimum absolute atomic E-state index is 0.0176. The summed E-state index contributed by atoms with van der Waals surface area (Å²) < 4.78 is 2.40. The molecule has 0 unspecified atom stereocenters. The molecule has 0 atom stereocenters. The number of nitrogens with zero attached hydrogens (tertiary/aromatic N) is 2. The number of hydrogen-bond acceptors (Lipinski definition) is 2. The molecule has 0 saturated carbocycles. The van der Waals surface area contributed by atoms with E-state index >= 15 is 0 Å². The lowest BCUT2D eigenvalue weighted by atomic mass is 9.81. The summed E-state index contributed by atoms with van der Waals surface area (Å²) in [6.45, 7) is 9.25. The summed E-state index contributed by atoms with van der Waals surface area (Å²) in [5.74, 6) is -0.0176. The van der Waals surface area contributed by atoms with Gasteiger partial charge in [0.25, 0.3) is 0 Å². The molecule has 1 aliphatic heterocycles. The third-order valence-corrected chi connectivity index (χ3v) is 5.57. The van der Waals surface area contributed by atoms with E-state index in [0.717, 1.165) is 23.5 Å². The van der Waals surface area contributed by atoms with Gasteiger partial charge in [0.05, 0.1) is 5.41 Å². The number of anilines is 1. The Morgan fingerprint density at radius 1 is 1.14 bits per heavy atom. The van der Waals surface area contributed by atoms with E-state index in [4.69, 9.17) is 0 Å². The van der Waals surface area contributed by atoms with Crippen LogP contribution in [-0.4, -0.2) is 22.7 Å². The molecule has 0 N–H and O–H groups in total. The minimum Gasteiger partial charge on any atom is -0.288 e. The third-order valence-electron chi connectivity index (χ3n) is 5.30. The zero-order chi connectivity index (χ0) is 21.0. The van der Waals surface area contributed by atoms with Crippen LogP contribution in [0, 0.1) is 0 Å². The van der Waals surface area contributed by atoms with Crippen LogP contribution in [0.2, 0.25) is 0 Å². The lowest BCUT2D eigenvalue weighted by molar-refractivity contribution is -0.437. The molecule has 1 heterocycles. The van der Waals surface area contributed by atoms with Gasteiger partial charge in [-0.15, -0.1) is 12.6 Å². The maximum absolute atomic E-state index is 12.0. The topological polar surface area (TPSA) is 23.3 Å². The largest absolute Gasteiger partial charge is 0.288 e. The standard InChI is InChI=1S/C25H28N2OS/c1-5-16-27-23-15-14-21(29)18-22(23)25(3,4)24(27)13-9-10-17-26(19(2)28)20-11-7-6-8-12-20/h6-15,17-18H,5,16H2,1-4H3/p+1. The first-order chi connectivity index (χ1) is 13.9. The first-order valence-electron chi connectivity index (χ1n) is 10.0. The number of hydrogen-bond donors (Lipinski definition) is 1. The van der Waals surface area contributed by atoms with Crippen molar-refractivity contribution in [2.45, 2.75) is 44.4 Å². The summed E-state index contributed by atoms with van der Waals surface area (Å²) >= 11 is 4.54. The summed E-state index contributed by atoms with van der Waals surface area (Å²) in [6, 6.07) is 16.1. The summed E-state index contributed by atoms with van der Waals surface area (Å²) in [5, 5.41) is 0. The number of fused-ring (bicyclic) bond motifs is 1. The highest BCUT2D eigenvalue weighted by Crippen LogP contribution is 2.41. The van der Waals surface area contributed by atoms with Gasteiger partial charge < -0.3 is 0 Å². The number of thiol groups is 1. The Hall–Kier alpha value is -2.59. The van der Waals surface area contributed by atoms with Crippen molar-refractivity contribution in [2.24, 2.45) is 0 Å². The Bertz CT molecular complexity index is 987. The van der Waals surface area contributed by atoms with Crippen molar-refractivity contribution >= 4 is 35.6 Å². The molecule has 0 aliphatic carbocycles. The van der Waals surface area contributed by atoms with Crippen LogP contribution in [0.3, 0.4) is 0 Å². The van der Waals surface area contributed by atoms with E-state index in [9.17, 15) is 4.79 Å². The predicted molar refractivity (Wildman–Crippen MR) is 125 cm³/mol. The van der Waals surface area contributed by atoms with Gasteiger partial charge in [0, 0.05) is 47.8 Å². The molecule has 0 saturated heterocycles. The fourth-order valence-corrected chi connectivity index (χ4v) is 4.08. The number of carbonyl (C=O) groups is 1. The van der Waals surface area contributed by atoms with Crippen LogP contribution in [0.25, 0.3) is 0 Å². The Balaban J connectivity index is 1.91. The third kappa shape index (κ3) is 4.38. The van der Waals surface area contributed by atoms with Crippen LogP contribution < -0.4 is 4.90 Å².